The molecule has 0 bridgehead atoms. The summed E-state index contributed by atoms with van der Waals surface area (Å²) in [5, 5.41) is 1.47. The molecule has 1 unspecified atom stereocenters. The number of rotatable bonds is 5. The van der Waals surface area contributed by atoms with Crippen molar-refractivity contribution in [3.8, 4) is 5.75 Å². The molecule has 44 heavy (non-hydrogen) atoms. The molecule has 6 heteroatoms. The van der Waals surface area contributed by atoms with Crippen LogP contribution in [0, 0.1) is 0 Å². The van der Waals surface area contributed by atoms with E-state index >= 15 is 0 Å². The maximum Gasteiger partial charge on any atom is 0.269 e. The number of carbonyl (C=O) groups excluding carboxylic acids is 1. The second-order valence-corrected chi connectivity index (χ2v) is 12.7. The number of fused-ring (bicyclic) bond motifs is 6. The first-order chi connectivity index (χ1) is 21.3. The van der Waals surface area contributed by atoms with Crippen molar-refractivity contribution in [1.82, 2.24) is 5.01 Å². The fourth-order valence-electron chi connectivity index (χ4n) is 8.10. The number of benzene rings is 3. The molecule has 3 aliphatic heterocycles. The molecule has 6 nitrogen and oxygen atoms in total. The van der Waals surface area contributed by atoms with E-state index in [0.717, 1.165) is 78.4 Å². The van der Waals surface area contributed by atoms with Crippen LogP contribution in [0.4, 0.5) is 11.4 Å². The zero-order chi connectivity index (χ0) is 30.8. The normalized spacial score (nSPS) is 23.2. The van der Waals surface area contributed by atoms with E-state index in [0.29, 0.717) is 5.56 Å². The minimum absolute atomic E-state index is 0.125. The van der Waals surface area contributed by atoms with Crippen molar-refractivity contribution in [2.45, 2.75) is 64.8 Å². The Morgan fingerprint density at radius 3 is 2.39 bits per heavy atom. The zero-order valence-electron chi connectivity index (χ0n) is 26.5. The number of hydrogen-bond acceptors (Lipinski definition) is 5. The second kappa shape index (κ2) is 10.4. The minimum atomic E-state index is -0.913. The number of nitrogens with zero attached hydrogens (tertiary/aromatic N) is 3. The van der Waals surface area contributed by atoms with Gasteiger partial charge in [0.25, 0.3) is 5.91 Å². The van der Waals surface area contributed by atoms with Crippen LogP contribution >= 0.6 is 0 Å². The van der Waals surface area contributed by atoms with Crippen molar-refractivity contribution in [2.75, 3.05) is 29.4 Å². The third kappa shape index (κ3) is 3.80. The topological polar surface area (TPSA) is 62.0 Å². The summed E-state index contributed by atoms with van der Waals surface area (Å²) in [7, 11) is 0. The standard InChI is InChI=1S/C38H42N4O2/c1-6-40(7-2)26-21-22-30-33(24-26)44-35-25(20-23-34-37(4,5)29-17-11-12-19-32(29)41(34)8-3)14-13-18-31(35)38(30)28-16-10-9-15-27(28)36(43)42(38)39/h9-12,15-17,19-24H,6-8,13-14,18,39H2,1-5H3/b25-20+,34-23+. The van der Waals surface area contributed by atoms with Gasteiger partial charge < -0.3 is 14.5 Å². The van der Waals surface area contributed by atoms with Crippen LogP contribution < -0.4 is 20.4 Å². The van der Waals surface area contributed by atoms with Crippen molar-refractivity contribution >= 4 is 17.3 Å². The van der Waals surface area contributed by atoms with Crippen LogP contribution in [0.3, 0.4) is 0 Å². The number of nitrogens with two attached hydrogens (primary N) is 1. The summed E-state index contributed by atoms with van der Waals surface area (Å²) >= 11 is 0. The first kappa shape index (κ1) is 28.5. The van der Waals surface area contributed by atoms with E-state index in [1.165, 1.54) is 22.0 Å². The van der Waals surface area contributed by atoms with E-state index < -0.39 is 5.54 Å². The molecule has 7 rings (SSSR count). The quantitative estimate of drug-likeness (QED) is 0.247. The number of allylic oxidation sites excluding steroid dienone is 4. The highest BCUT2D eigenvalue weighted by Gasteiger charge is 2.57. The van der Waals surface area contributed by atoms with Crippen molar-refractivity contribution in [3.63, 3.8) is 0 Å². The van der Waals surface area contributed by atoms with Gasteiger partial charge in [0.2, 0.25) is 0 Å². The van der Waals surface area contributed by atoms with Gasteiger partial charge >= 0.3 is 0 Å². The van der Waals surface area contributed by atoms with Crippen LogP contribution in [-0.2, 0) is 11.0 Å². The van der Waals surface area contributed by atoms with E-state index in [1.807, 2.05) is 18.2 Å². The predicted molar refractivity (Wildman–Crippen MR) is 178 cm³/mol. The molecule has 0 aromatic heterocycles. The van der Waals surface area contributed by atoms with E-state index in [-0.39, 0.29) is 11.3 Å². The molecule has 1 amide bonds. The van der Waals surface area contributed by atoms with Gasteiger partial charge in [-0.1, -0.05) is 62.4 Å². The van der Waals surface area contributed by atoms with Crippen LogP contribution in [0.5, 0.6) is 5.75 Å². The Labute approximate surface area is 261 Å². The fraction of sp³-hybridized carbons (Fsp3) is 0.342. The van der Waals surface area contributed by atoms with Gasteiger partial charge in [-0.25, -0.2) is 5.84 Å². The van der Waals surface area contributed by atoms with Gasteiger partial charge in [0.15, 0.2) is 0 Å². The first-order valence-corrected chi connectivity index (χ1v) is 16.1. The molecule has 0 radical (unpaired) electrons. The largest absolute Gasteiger partial charge is 0.457 e. The van der Waals surface area contributed by atoms with Gasteiger partial charge in [0.1, 0.15) is 17.0 Å². The molecule has 0 fully saturated rings. The maximum absolute atomic E-state index is 13.8. The number of hydrazine groups is 1. The average Bonchev–Trinajstić information content (AvgIpc) is 3.40. The van der Waals surface area contributed by atoms with Crippen molar-refractivity contribution < 1.29 is 9.53 Å². The molecule has 226 valence electrons. The third-order valence-corrected chi connectivity index (χ3v) is 10.3. The summed E-state index contributed by atoms with van der Waals surface area (Å²) in [5.74, 6) is 8.35. The molecule has 1 atom stereocenters. The van der Waals surface area contributed by atoms with Gasteiger partial charge in [-0.3, -0.25) is 9.80 Å². The van der Waals surface area contributed by atoms with Crippen LogP contribution in [0.25, 0.3) is 0 Å². The molecular weight excluding hydrogens is 544 g/mol. The summed E-state index contributed by atoms with van der Waals surface area (Å²) in [4.78, 5) is 18.5. The summed E-state index contributed by atoms with van der Waals surface area (Å²) in [5.41, 5.74) is 8.69. The Balaban J connectivity index is 1.43. The molecule has 1 aliphatic carbocycles. The van der Waals surface area contributed by atoms with Crippen molar-refractivity contribution in [1.29, 1.82) is 0 Å². The third-order valence-electron chi connectivity index (χ3n) is 10.3. The fourth-order valence-corrected chi connectivity index (χ4v) is 8.10. The Morgan fingerprint density at radius 2 is 1.64 bits per heavy atom. The van der Waals surface area contributed by atoms with Gasteiger partial charge in [0.05, 0.1) is 0 Å². The first-order valence-electron chi connectivity index (χ1n) is 16.1. The predicted octanol–water partition coefficient (Wildman–Crippen LogP) is 7.56. The van der Waals surface area contributed by atoms with Gasteiger partial charge in [0, 0.05) is 70.5 Å². The molecule has 4 aliphatic rings. The highest BCUT2D eigenvalue weighted by Crippen LogP contribution is 2.58. The molecule has 0 saturated carbocycles. The molecular formula is C38H42N4O2. The maximum atomic E-state index is 13.8. The number of amides is 1. The Kier molecular flexibility index (Phi) is 6.74. The van der Waals surface area contributed by atoms with E-state index in [4.69, 9.17) is 10.6 Å². The lowest BCUT2D eigenvalue weighted by molar-refractivity contribution is 0.0648. The number of hydrogen-bond donors (Lipinski definition) is 1. The Bertz CT molecular complexity index is 1760. The average molecular weight is 587 g/mol. The number of carbonyl (C=O) groups is 1. The molecule has 0 saturated heterocycles. The van der Waals surface area contributed by atoms with E-state index in [1.54, 1.807) is 0 Å². The Morgan fingerprint density at radius 1 is 0.909 bits per heavy atom. The molecule has 3 heterocycles. The highest BCUT2D eigenvalue weighted by atomic mass is 16.5. The smallest absolute Gasteiger partial charge is 0.269 e. The molecule has 3 aromatic carbocycles. The van der Waals surface area contributed by atoms with E-state index in [9.17, 15) is 4.79 Å². The highest BCUT2D eigenvalue weighted by molar-refractivity contribution is 6.01. The lowest BCUT2D eigenvalue weighted by atomic mass is 9.70. The summed E-state index contributed by atoms with van der Waals surface area (Å²) in [6.45, 7) is 13.8. The second-order valence-electron chi connectivity index (χ2n) is 12.7. The number of anilines is 2. The SMILES string of the molecule is CCN(CC)c1ccc2c(c1)OC1=C(CCC/C1=C\C=C1\N(CC)c3ccccc3C1(C)C)C21c2ccccc2C(=O)N1N. The van der Waals surface area contributed by atoms with Crippen molar-refractivity contribution in [2.24, 2.45) is 5.84 Å². The Hall–Kier alpha value is -4.29. The summed E-state index contributed by atoms with van der Waals surface area (Å²) in [6.07, 6.45) is 7.20. The monoisotopic (exact) mass is 586 g/mol. The molecule has 2 N–H and O–H groups in total. The van der Waals surface area contributed by atoms with Crippen molar-refractivity contribution in [3.05, 3.63) is 124 Å². The van der Waals surface area contributed by atoms with Gasteiger partial charge in [-0.15, -0.1) is 0 Å². The van der Waals surface area contributed by atoms with Crippen LogP contribution in [-0.4, -0.2) is 30.6 Å². The number of para-hydroxylation sites is 1. The van der Waals surface area contributed by atoms with Gasteiger partial charge in [-0.2, -0.15) is 0 Å². The van der Waals surface area contributed by atoms with Gasteiger partial charge in [-0.05, 0) is 75.4 Å². The summed E-state index contributed by atoms with van der Waals surface area (Å²) < 4.78 is 6.94. The van der Waals surface area contributed by atoms with Crippen LogP contribution in [0.2, 0.25) is 0 Å². The minimum Gasteiger partial charge on any atom is -0.457 e. The lowest BCUT2D eigenvalue weighted by Crippen LogP contribution is -2.52. The summed E-state index contributed by atoms with van der Waals surface area (Å²) in [6, 6.07) is 23.0. The van der Waals surface area contributed by atoms with E-state index in [2.05, 4.69) is 105 Å². The molecule has 1 spiro atoms. The number of likely N-dealkylation sites (N-methyl/N-ethyl adjacent to an activating group) is 1. The molecule has 3 aromatic rings. The van der Waals surface area contributed by atoms with Crippen LogP contribution in [0.1, 0.15) is 80.9 Å². The lowest BCUT2D eigenvalue weighted by Gasteiger charge is -2.45. The zero-order valence-corrected chi connectivity index (χ0v) is 26.5. The number of ether oxygens (including phenoxy) is 1. The van der Waals surface area contributed by atoms with Crippen LogP contribution in [0.15, 0.2) is 101 Å².